The van der Waals surface area contributed by atoms with E-state index in [1.807, 2.05) is 55.8 Å². The van der Waals surface area contributed by atoms with Crippen LogP contribution in [0.3, 0.4) is 0 Å². The molecule has 0 atom stereocenters. The Balaban J connectivity index is 0.000000161. The number of fused-ring (bicyclic) bond motifs is 6. The molecule has 0 N–H and O–H groups in total. The number of aldehydes is 1. The zero-order valence-electron chi connectivity index (χ0n) is 20.7. The van der Waals surface area contributed by atoms with Crippen LogP contribution in [0.5, 0.6) is 0 Å². The van der Waals surface area contributed by atoms with Gasteiger partial charge in [-0.2, -0.15) is 0 Å². The normalized spacial score (nSPS) is 10.5. The Labute approximate surface area is 233 Å². The van der Waals surface area contributed by atoms with E-state index in [4.69, 9.17) is 7.67 Å². The predicted octanol–water partition coefficient (Wildman–Crippen LogP) is 6.51. The van der Waals surface area contributed by atoms with E-state index in [1.54, 1.807) is 29.7 Å². The summed E-state index contributed by atoms with van der Waals surface area (Å²) >= 11 is 1.74. The van der Waals surface area contributed by atoms with Crippen LogP contribution in [0, 0.1) is 6.92 Å². The van der Waals surface area contributed by atoms with E-state index in [1.165, 1.54) is 10.3 Å². The molecule has 6 rings (SSSR count). The number of nitrogens with zero attached hydrogens (tertiary/aromatic N) is 4. The molecule has 0 saturated carbocycles. The van der Waals surface area contributed by atoms with Crippen LogP contribution in [0.15, 0.2) is 82.8 Å². The number of hydrogen-bond donors (Lipinski definition) is 0. The Hall–Kier alpha value is -3.43. The van der Waals surface area contributed by atoms with Gasteiger partial charge in [-0.05, 0) is 43.7 Å². The van der Waals surface area contributed by atoms with Crippen molar-refractivity contribution in [2.24, 2.45) is 0 Å². The van der Waals surface area contributed by atoms with E-state index >= 15 is 0 Å². The molecule has 0 bridgehead atoms. The number of pyridine rings is 4. The predicted molar refractivity (Wildman–Crippen MR) is 155 cm³/mol. The van der Waals surface area contributed by atoms with Crippen molar-refractivity contribution in [1.29, 1.82) is 0 Å². The molecular formula is C28H22N4O3S2Se. The molecule has 0 unspecified atom stereocenters. The standard InChI is InChI=1S/C14H10N2OS.C14H12N2S.O2Se/c1-18-12-7-10(8-17)16-14-11(12)5-4-9-3-2-6-15-13(9)14;1-9-8-12(17-2)11-6-5-10-4-3-7-15-13(10)14(11)16-9;1-3-2/h2-8H,1H3;3-8H,1-2H3;. The van der Waals surface area contributed by atoms with Gasteiger partial charge in [0.15, 0.2) is 6.29 Å². The van der Waals surface area contributed by atoms with E-state index in [-0.39, 0.29) is 0 Å². The Morgan fingerprint density at radius 1 is 0.711 bits per heavy atom. The topological polar surface area (TPSA) is 103 Å². The summed E-state index contributed by atoms with van der Waals surface area (Å²) in [5.41, 5.74) is 5.12. The molecule has 0 aliphatic carbocycles. The van der Waals surface area contributed by atoms with E-state index in [0.29, 0.717) is 5.69 Å². The molecule has 0 radical (unpaired) electrons. The first-order valence-corrected chi connectivity index (χ1v) is 15.2. The minimum absolute atomic E-state index is 0.449. The van der Waals surface area contributed by atoms with Crippen LogP contribution in [0.1, 0.15) is 16.2 Å². The molecule has 0 spiro atoms. The van der Waals surface area contributed by atoms with E-state index in [2.05, 4.69) is 50.5 Å². The molecule has 7 nitrogen and oxygen atoms in total. The summed E-state index contributed by atoms with van der Waals surface area (Å²) in [4.78, 5) is 31.1. The Morgan fingerprint density at radius 3 is 1.71 bits per heavy atom. The van der Waals surface area contributed by atoms with Gasteiger partial charge in [0.2, 0.25) is 0 Å². The Morgan fingerprint density at radius 2 is 1.21 bits per heavy atom. The van der Waals surface area contributed by atoms with Gasteiger partial charge in [0, 0.05) is 49.4 Å². The van der Waals surface area contributed by atoms with Crippen LogP contribution in [0.25, 0.3) is 43.6 Å². The van der Waals surface area contributed by atoms with Gasteiger partial charge in [0.1, 0.15) is 5.69 Å². The van der Waals surface area contributed by atoms with Gasteiger partial charge in [0.25, 0.3) is 0 Å². The number of carbonyl (C=O) groups excluding carboxylic acids is 1. The van der Waals surface area contributed by atoms with Crippen LogP contribution in [0.4, 0.5) is 0 Å². The van der Waals surface area contributed by atoms with E-state index in [0.717, 1.165) is 55.1 Å². The number of benzene rings is 2. The summed E-state index contributed by atoms with van der Waals surface area (Å²) in [6.45, 7) is 2.03. The minimum atomic E-state index is -1.62. The summed E-state index contributed by atoms with van der Waals surface area (Å²) < 4.78 is 16.9. The SMILES string of the molecule is CSc1cc(C)nc2c1ccc1cccnc12.CSc1cc(C=O)nc2c1ccc1cccnc12.O=[Se]=O. The second-order valence-corrected chi connectivity index (χ2v) is 9.96. The molecular weight excluding hydrogens is 583 g/mol. The first kappa shape index (κ1) is 27.6. The van der Waals surface area contributed by atoms with Crippen LogP contribution in [0.2, 0.25) is 0 Å². The van der Waals surface area contributed by atoms with Gasteiger partial charge >= 0.3 is 22.5 Å². The molecule has 4 heterocycles. The third kappa shape index (κ3) is 5.84. The molecule has 0 amide bonds. The van der Waals surface area contributed by atoms with Crippen LogP contribution in [-0.2, 0) is 7.67 Å². The first-order chi connectivity index (χ1) is 18.5. The van der Waals surface area contributed by atoms with Crippen molar-refractivity contribution >= 4 is 88.2 Å². The molecule has 0 aliphatic heterocycles. The van der Waals surface area contributed by atoms with Crippen molar-refractivity contribution < 1.29 is 12.5 Å². The van der Waals surface area contributed by atoms with E-state index in [9.17, 15) is 4.79 Å². The Bertz CT molecular complexity index is 1830. The van der Waals surface area contributed by atoms with Gasteiger partial charge < -0.3 is 0 Å². The van der Waals surface area contributed by atoms with Gasteiger partial charge in [0.05, 0.1) is 22.1 Å². The van der Waals surface area contributed by atoms with Crippen molar-refractivity contribution in [3.05, 3.63) is 84.4 Å². The number of carbonyl (C=O) groups is 1. The van der Waals surface area contributed by atoms with Crippen LogP contribution >= 0.6 is 23.5 Å². The number of rotatable bonds is 3. The molecule has 10 heteroatoms. The van der Waals surface area contributed by atoms with Gasteiger partial charge in [-0.25, -0.2) is 4.98 Å². The molecule has 4 aromatic heterocycles. The summed E-state index contributed by atoms with van der Waals surface area (Å²) in [7, 11) is 0. The number of thioether (sulfide) groups is 2. The average Bonchev–Trinajstić information content (AvgIpc) is 2.96. The van der Waals surface area contributed by atoms with Gasteiger partial charge in [-0.1, -0.05) is 36.4 Å². The van der Waals surface area contributed by atoms with Gasteiger partial charge in [-0.15, -0.1) is 23.5 Å². The second kappa shape index (κ2) is 12.9. The third-order valence-corrected chi connectivity index (χ3v) is 7.29. The molecule has 0 aliphatic rings. The molecule has 190 valence electrons. The number of aryl methyl sites for hydroxylation is 1. The fourth-order valence-corrected chi connectivity index (χ4v) is 5.43. The van der Waals surface area contributed by atoms with Crippen molar-refractivity contribution in [1.82, 2.24) is 19.9 Å². The van der Waals surface area contributed by atoms with Crippen molar-refractivity contribution in [2.45, 2.75) is 16.7 Å². The Kier molecular flexibility index (Phi) is 9.36. The molecule has 6 aromatic rings. The molecule has 0 saturated heterocycles. The fraction of sp³-hybridized carbons (Fsp3) is 0.107. The molecule has 38 heavy (non-hydrogen) atoms. The second-order valence-electron chi connectivity index (χ2n) is 7.97. The van der Waals surface area contributed by atoms with Crippen molar-refractivity contribution in [3.63, 3.8) is 0 Å². The number of hydrogen-bond acceptors (Lipinski definition) is 9. The van der Waals surface area contributed by atoms with E-state index < -0.39 is 14.8 Å². The average molecular weight is 606 g/mol. The number of aromatic nitrogens is 4. The summed E-state index contributed by atoms with van der Waals surface area (Å²) in [5.74, 6) is 0. The molecule has 0 fully saturated rings. The quantitative estimate of drug-likeness (QED) is 0.0966. The molecule has 2 aromatic carbocycles. The summed E-state index contributed by atoms with van der Waals surface area (Å²) in [6, 6.07) is 20.2. The van der Waals surface area contributed by atoms with Crippen molar-refractivity contribution in [3.8, 4) is 0 Å². The summed E-state index contributed by atoms with van der Waals surface area (Å²) in [5, 5.41) is 4.41. The first-order valence-electron chi connectivity index (χ1n) is 11.3. The maximum atomic E-state index is 11.0. The zero-order chi connectivity index (χ0) is 27.1. The third-order valence-electron chi connectivity index (χ3n) is 5.74. The summed E-state index contributed by atoms with van der Waals surface area (Å²) in [6.07, 6.45) is 8.43. The van der Waals surface area contributed by atoms with Crippen molar-refractivity contribution in [2.75, 3.05) is 12.5 Å². The van der Waals surface area contributed by atoms with Crippen LogP contribution in [-0.4, -0.2) is 53.6 Å². The fourth-order valence-electron chi connectivity index (χ4n) is 4.13. The monoisotopic (exact) mass is 606 g/mol. The zero-order valence-corrected chi connectivity index (χ0v) is 24.1. The van der Waals surface area contributed by atoms with Crippen LogP contribution < -0.4 is 0 Å². The van der Waals surface area contributed by atoms with Gasteiger partial charge in [-0.3, -0.25) is 19.7 Å². The maximum absolute atomic E-state index is 11.0.